The van der Waals surface area contributed by atoms with Gasteiger partial charge in [-0.3, -0.25) is 4.90 Å². The lowest BCUT2D eigenvalue weighted by Crippen LogP contribution is -2.42. The van der Waals surface area contributed by atoms with Crippen molar-refractivity contribution in [2.45, 2.75) is 51.3 Å². The lowest BCUT2D eigenvalue weighted by molar-refractivity contribution is 0.00869. The monoisotopic (exact) mass is 311 g/mol. The normalized spacial score (nSPS) is 22.4. The third kappa shape index (κ3) is 3.89. The maximum Gasteiger partial charge on any atom is 0.411 e. The molecule has 0 aromatic heterocycles. The van der Waals surface area contributed by atoms with Crippen molar-refractivity contribution in [3.63, 3.8) is 0 Å². The van der Waals surface area contributed by atoms with E-state index in [4.69, 9.17) is 16.3 Å². The highest BCUT2D eigenvalue weighted by Gasteiger charge is 2.39. The zero-order valence-electron chi connectivity index (χ0n) is 12.7. The Labute approximate surface area is 130 Å². The van der Waals surface area contributed by atoms with Crippen LogP contribution in [0.2, 0.25) is 5.02 Å². The van der Waals surface area contributed by atoms with E-state index in [0.29, 0.717) is 5.02 Å². The number of aliphatic hydroxyl groups is 1. The van der Waals surface area contributed by atoms with E-state index in [1.54, 1.807) is 4.90 Å². The van der Waals surface area contributed by atoms with Crippen molar-refractivity contribution in [2.75, 3.05) is 6.61 Å². The average Bonchev–Trinajstić information content (AvgIpc) is 2.81. The zero-order valence-corrected chi connectivity index (χ0v) is 13.4. The number of likely N-dealkylation sites (tertiary alicyclic amines) is 1. The molecule has 0 spiro atoms. The average molecular weight is 312 g/mol. The number of carbonyl (C=O) groups excluding carboxylic acids is 1. The molecule has 1 heterocycles. The Morgan fingerprint density at radius 1 is 1.33 bits per heavy atom. The minimum atomic E-state index is -0.551. The summed E-state index contributed by atoms with van der Waals surface area (Å²) in [5.74, 6) is 0. The summed E-state index contributed by atoms with van der Waals surface area (Å²) in [4.78, 5) is 14.1. The highest BCUT2D eigenvalue weighted by atomic mass is 35.5. The Hall–Kier alpha value is -1.26. The van der Waals surface area contributed by atoms with Gasteiger partial charge in [-0.25, -0.2) is 4.79 Å². The Bertz CT molecular complexity index is 495. The van der Waals surface area contributed by atoms with Gasteiger partial charge in [-0.1, -0.05) is 23.7 Å². The number of hydrogen-bond acceptors (Lipinski definition) is 3. The molecule has 1 saturated heterocycles. The number of aliphatic hydroxyl groups excluding tert-OH is 1. The molecule has 1 fully saturated rings. The van der Waals surface area contributed by atoms with E-state index in [2.05, 4.69) is 0 Å². The molecule has 0 aliphatic carbocycles. The lowest BCUT2D eigenvalue weighted by atomic mass is 10.1. The van der Waals surface area contributed by atoms with Gasteiger partial charge in [0.05, 0.1) is 18.7 Å². The molecule has 21 heavy (non-hydrogen) atoms. The molecule has 2 atom stereocenters. The maximum absolute atomic E-state index is 12.4. The number of ether oxygens (including phenoxy) is 1. The predicted molar refractivity (Wildman–Crippen MR) is 82.4 cm³/mol. The Balaban J connectivity index is 2.23. The smallest absolute Gasteiger partial charge is 0.411 e. The first-order valence-electron chi connectivity index (χ1n) is 7.19. The second-order valence-corrected chi connectivity index (χ2v) is 6.81. The quantitative estimate of drug-likeness (QED) is 0.904. The Morgan fingerprint density at radius 2 is 1.95 bits per heavy atom. The van der Waals surface area contributed by atoms with Gasteiger partial charge in [0, 0.05) is 5.02 Å². The van der Waals surface area contributed by atoms with Crippen molar-refractivity contribution in [1.29, 1.82) is 0 Å². The van der Waals surface area contributed by atoms with Crippen molar-refractivity contribution in [3.8, 4) is 0 Å². The highest BCUT2D eigenvalue weighted by molar-refractivity contribution is 6.30. The van der Waals surface area contributed by atoms with E-state index in [1.165, 1.54) is 0 Å². The second-order valence-electron chi connectivity index (χ2n) is 6.37. The summed E-state index contributed by atoms with van der Waals surface area (Å²) in [7, 11) is 0. The van der Waals surface area contributed by atoms with Crippen LogP contribution in [0.5, 0.6) is 0 Å². The summed E-state index contributed by atoms with van der Waals surface area (Å²) >= 11 is 5.92. The zero-order chi connectivity index (χ0) is 15.6. The molecule has 4 nitrogen and oxygen atoms in total. The molecule has 2 unspecified atom stereocenters. The molecule has 1 amide bonds. The van der Waals surface area contributed by atoms with Crippen LogP contribution >= 0.6 is 11.6 Å². The van der Waals surface area contributed by atoms with E-state index in [0.717, 1.165) is 18.4 Å². The van der Waals surface area contributed by atoms with Gasteiger partial charge in [0.2, 0.25) is 0 Å². The summed E-state index contributed by atoms with van der Waals surface area (Å²) in [5, 5.41) is 10.2. The number of halogens is 1. The minimum absolute atomic E-state index is 0.0522. The molecule has 2 rings (SSSR count). The fourth-order valence-corrected chi connectivity index (χ4v) is 2.79. The molecule has 0 bridgehead atoms. The fourth-order valence-electron chi connectivity index (χ4n) is 2.67. The number of benzene rings is 1. The molecule has 1 aliphatic heterocycles. The Kier molecular flexibility index (Phi) is 4.79. The van der Waals surface area contributed by atoms with Gasteiger partial charge in [0.25, 0.3) is 0 Å². The standard InChI is InChI=1S/C16H22ClNO3/c1-16(2,3)21-15(20)18-13(10-19)8-9-14(18)11-4-6-12(17)7-5-11/h4-7,13-14,19H,8-10H2,1-3H3. The van der Waals surface area contributed by atoms with Crippen LogP contribution in [0.25, 0.3) is 0 Å². The first kappa shape index (κ1) is 16.1. The van der Waals surface area contributed by atoms with Crippen LogP contribution in [0, 0.1) is 0 Å². The van der Waals surface area contributed by atoms with Gasteiger partial charge in [0.15, 0.2) is 0 Å². The van der Waals surface area contributed by atoms with Crippen LogP contribution in [0.3, 0.4) is 0 Å². The molecule has 116 valence electrons. The summed E-state index contributed by atoms with van der Waals surface area (Å²) in [6, 6.07) is 7.20. The number of rotatable bonds is 2. The predicted octanol–water partition coefficient (Wildman–Crippen LogP) is 3.77. The molecule has 0 saturated carbocycles. The van der Waals surface area contributed by atoms with Crippen molar-refractivity contribution in [1.82, 2.24) is 4.90 Å². The van der Waals surface area contributed by atoms with Crippen LogP contribution in [-0.4, -0.2) is 34.3 Å². The van der Waals surface area contributed by atoms with Crippen molar-refractivity contribution in [2.24, 2.45) is 0 Å². The van der Waals surface area contributed by atoms with Gasteiger partial charge in [-0.05, 0) is 51.3 Å². The first-order valence-corrected chi connectivity index (χ1v) is 7.57. The van der Waals surface area contributed by atoms with E-state index in [1.807, 2.05) is 45.0 Å². The molecule has 1 aromatic rings. The number of amides is 1. The molecular weight excluding hydrogens is 290 g/mol. The third-order valence-electron chi connectivity index (χ3n) is 3.57. The second kappa shape index (κ2) is 6.24. The van der Waals surface area contributed by atoms with Crippen molar-refractivity contribution in [3.05, 3.63) is 34.9 Å². The first-order chi connectivity index (χ1) is 9.81. The molecule has 1 N–H and O–H groups in total. The highest BCUT2D eigenvalue weighted by Crippen LogP contribution is 2.37. The Morgan fingerprint density at radius 3 is 2.48 bits per heavy atom. The summed E-state index contributed by atoms with van der Waals surface area (Å²) in [5.41, 5.74) is 0.464. The fraction of sp³-hybridized carbons (Fsp3) is 0.562. The van der Waals surface area contributed by atoms with E-state index in [-0.39, 0.29) is 24.8 Å². The largest absolute Gasteiger partial charge is 0.444 e. The summed E-state index contributed by atoms with van der Waals surface area (Å²) in [6.45, 7) is 5.47. The lowest BCUT2D eigenvalue weighted by Gasteiger charge is -2.32. The van der Waals surface area contributed by atoms with Gasteiger partial charge < -0.3 is 9.84 Å². The minimum Gasteiger partial charge on any atom is -0.444 e. The van der Waals surface area contributed by atoms with Crippen LogP contribution in [0.1, 0.15) is 45.2 Å². The SMILES string of the molecule is CC(C)(C)OC(=O)N1C(CO)CCC1c1ccc(Cl)cc1. The van der Waals surface area contributed by atoms with Crippen molar-refractivity contribution < 1.29 is 14.6 Å². The van der Waals surface area contributed by atoms with E-state index < -0.39 is 5.60 Å². The van der Waals surface area contributed by atoms with E-state index >= 15 is 0 Å². The third-order valence-corrected chi connectivity index (χ3v) is 3.82. The molecular formula is C16H22ClNO3. The van der Waals surface area contributed by atoms with Gasteiger partial charge >= 0.3 is 6.09 Å². The van der Waals surface area contributed by atoms with E-state index in [9.17, 15) is 9.90 Å². The number of nitrogens with zero attached hydrogens (tertiary/aromatic N) is 1. The maximum atomic E-state index is 12.4. The van der Waals surface area contributed by atoms with Gasteiger partial charge in [-0.15, -0.1) is 0 Å². The topological polar surface area (TPSA) is 49.8 Å². The number of hydrogen-bond donors (Lipinski definition) is 1. The summed E-state index contributed by atoms with van der Waals surface area (Å²) in [6.07, 6.45) is 1.20. The van der Waals surface area contributed by atoms with Gasteiger partial charge in [0.1, 0.15) is 5.60 Å². The molecule has 5 heteroatoms. The summed E-state index contributed by atoms with van der Waals surface area (Å²) < 4.78 is 5.48. The van der Waals surface area contributed by atoms with Crippen LogP contribution in [-0.2, 0) is 4.74 Å². The molecule has 1 aromatic carbocycles. The number of carbonyl (C=O) groups is 1. The van der Waals surface area contributed by atoms with Crippen LogP contribution in [0.4, 0.5) is 4.79 Å². The van der Waals surface area contributed by atoms with Gasteiger partial charge in [-0.2, -0.15) is 0 Å². The van der Waals surface area contributed by atoms with Crippen LogP contribution in [0.15, 0.2) is 24.3 Å². The van der Waals surface area contributed by atoms with Crippen LogP contribution < -0.4 is 0 Å². The molecule has 1 aliphatic rings. The van der Waals surface area contributed by atoms with Crippen molar-refractivity contribution >= 4 is 17.7 Å². The molecule has 0 radical (unpaired) electrons.